The van der Waals surface area contributed by atoms with Gasteiger partial charge < -0.3 is 10.3 Å². The Kier molecular flexibility index (Phi) is 6.17. The van der Waals surface area contributed by atoms with Gasteiger partial charge in [0.05, 0.1) is 11.6 Å². The molecule has 6 heteroatoms. The molecule has 152 valence electrons. The van der Waals surface area contributed by atoms with Crippen LogP contribution in [0, 0.1) is 36.9 Å². The molecule has 5 nitrogen and oxygen atoms in total. The largest absolute Gasteiger partial charge is 0.345 e. The van der Waals surface area contributed by atoms with Crippen molar-refractivity contribution in [3.63, 3.8) is 0 Å². The van der Waals surface area contributed by atoms with Crippen LogP contribution in [0.4, 0.5) is 4.39 Å². The van der Waals surface area contributed by atoms with Crippen LogP contribution >= 0.6 is 0 Å². The summed E-state index contributed by atoms with van der Waals surface area (Å²) in [4.78, 5) is 27.8. The summed E-state index contributed by atoms with van der Waals surface area (Å²) < 4.78 is 14.5. The molecule has 3 rings (SSSR count). The zero-order valence-electron chi connectivity index (χ0n) is 17.1. The Hall–Kier alpha value is -2.94. The maximum absolute atomic E-state index is 14.5. The molecule has 1 atom stereocenters. The minimum absolute atomic E-state index is 0.0571. The van der Waals surface area contributed by atoms with Gasteiger partial charge in [0.25, 0.3) is 11.5 Å². The van der Waals surface area contributed by atoms with Crippen molar-refractivity contribution in [2.24, 2.45) is 5.92 Å². The first-order valence-corrected chi connectivity index (χ1v) is 10.1. The Morgan fingerprint density at radius 1 is 1.38 bits per heavy atom. The highest BCUT2D eigenvalue weighted by atomic mass is 19.1. The summed E-state index contributed by atoms with van der Waals surface area (Å²) in [6.07, 6.45) is 4.45. The Balaban J connectivity index is 2.02. The summed E-state index contributed by atoms with van der Waals surface area (Å²) in [5.41, 5.74) is 2.02. The van der Waals surface area contributed by atoms with Crippen LogP contribution in [0.25, 0.3) is 0 Å². The molecule has 1 aromatic heterocycles. The number of nitrogens with zero attached hydrogens (tertiary/aromatic N) is 1. The van der Waals surface area contributed by atoms with E-state index < -0.39 is 5.56 Å². The fraction of sp³-hybridized carbons (Fsp3) is 0.435. The highest BCUT2D eigenvalue weighted by molar-refractivity contribution is 5.97. The minimum Gasteiger partial charge on any atom is -0.345 e. The number of benzene rings is 1. The molecule has 1 saturated carbocycles. The lowest BCUT2D eigenvalue weighted by Crippen LogP contribution is -2.38. The van der Waals surface area contributed by atoms with Gasteiger partial charge in [-0.2, -0.15) is 5.26 Å². The first-order chi connectivity index (χ1) is 13.9. The van der Waals surface area contributed by atoms with Gasteiger partial charge in [0.15, 0.2) is 0 Å². The smallest absolute Gasteiger partial charge is 0.266 e. The SMILES string of the molecule is CCCc1c(F)cccc1[C@@H](NC(=O)c1c(C)[nH]c(=O)c(C#N)c1C)C1CCC1. The maximum atomic E-state index is 14.5. The molecule has 0 bridgehead atoms. The van der Waals surface area contributed by atoms with Gasteiger partial charge in [-0.15, -0.1) is 0 Å². The molecule has 2 N–H and O–H groups in total. The highest BCUT2D eigenvalue weighted by Gasteiger charge is 2.33. The molecule has 0 unspecified atom stereocenters. The number of aromatic nitrogens is 1. The maximum Gasteiger partial charge on any atom is 0.266 e. The molecular weight excluding hydrogens is 369 g/mol. The number of hydrogen-bond acceptors (Lipinski definition) is 3. The third-order valence-corrected chi connectivity index (χ3v) is 5.89. The van der Waals surface area contributed by atoms with Crippen molar-refractivity contribution in [1.82, 2.24) is 10.3 Å². The van der Waals surface area contributed by atoms with E-state index in [0.717, 1.165) is 31.2 Å². The van der Waals surface area contributed by atoms with Crippen LogP contribution in [-0.4, -0.2) is 10.9 Å². The van der Waals surface area contributed by atoms with Crippen molar-refractivity contribution in [2.75, 3.05) is 0 Å². The lowest BCUT2D eigenvalue weighted by molar-refractivity contribution is 0.0898. The van der Waals surface area contributed by atoms with Gasteiger partial charge in [0, 0.05) is 5.69 Å². The quantitative estimate of drug-likeness (QED) is 0.768. The summed E-state index contributed by atoms with van der Waals surface area (Å²) in [5.74, 6) is -0.349. The fourth-order valence-corrected chi connectivity index (χ4v) is 4.16. The summed E-state index contributed by atoms with van der Waals surface area (Å²) >= 11 is 0. The lowest BCUT2D eigenvalue weighted by Gasteiger charge is -2.36. The summed E-state index contributed by atoms with van der Waals surface area (Å²) in [5, 5.41) is 12.4. The summed E-state index contributed by atoms with van der Waals surface area (Å²) in [6.45, 7) is 5.26. The van der Waals surface area contributed by atoms with Crippen molar-refractivity contribution >= 4 is 5.91 Å². The number of H-pyrrole nitrogens is 1. The predicted octanol–water partition coefficient (Wildman–Crippen LogP) is 4.23. The minimum atomic E-state index is -0.495. The van der Waals surface area contributed by atoms with E-state index in [2.05, 4.69) is 10.3 Å². The summed E-state index contributed by atoms with van der Waals surface area (Å²) in [7, 11) is 0. The van der Waals surface area contributed by atoms with Gasteiger partial charge >= 0.3 is 0 Å². The van der Waals surface area contributed by atoms with Gasteiger partial charge in [0.1, 0.15) is 17.4 Å². The van der Waals surface area contributed by atoms with Crippen LogP contribution in [0.5, 0.6) is 0 Å². The molecular formula is C23H26FN3O2. The molecule has 1 fully saturated rings. The zero-order valence-corrected chi connectivity index (χ0v) is 17.1. The van der Waals surface area contributed by atoms with E-state index in [0.29, 0.717) is 28.8 Å². The number of aromatic amines is 1. The average molecular weight is 395 g/mol. The summed E-state index contributed by atoms with van der Waals surface area (Å²) in [6, 6.07) is 6.62. The van der Waals surface area contributed by atoms with Crippen LogP contribution in [0.3, 0.4) is 0 Å². The van der Waals surface area contributed by atoms with E-state index in [1.165, 1.54) is 6.07 Å². The van der Waals surface area contributed by atoms with E-state index in [-0.39, 0.29) is 29.2 Å². The number of pyridine rings is 1. The van der Waals surface area contributed by atoms with Gasteiger partial charge in [-0.05, 0) is 61.8 Å². The molecule has 1 aliphatic rings. The lowest BCUT2D eigenvalue weighted by atomic mass is 9.75. The number of carbonyl (C=O) groups excluding carboxylic acids is 1. The fourth-order valence-electron chi connectivity index (χ4n) is 4.16. The van der Waals surface area contributed by atoms with Gasteiger partial charge in [-0.3, -0.25) is 9.59 Å². The van der Waals surface area contributed by atoms with E-state index in [1.807, 2.05) is 19.1 Å². The first-order valence-electron chi connectivity index (χ1n) is 10.1. The molecule has 1 aromatic carbocycles. The molecule has 0 aliphatic heterocycles. The molecule has 2 aromatic rings. The van der Waals surface area contributed by atoms with E-state index in [9.17, 15) is 19.2 Å². The Morgan fingerprint density at radius 3 is 2.69 bits per heavy atom. The van der Waals surface area contributed by atoms with E-state index in [1.54, 1.807) is 19.9 Å². The van der Waals surface area contributed by atoms with E-state index in [4.69, 9.17) is 0 Å². The second-order valence-corrected chi connectivity index (χ2v) is 7.77. The van der Waals surface area contributed by atoms with Crippen LogP contribution in [0.15, 0.2) is 23.0 Å². The van der Waals surface area contributed by atoms with Crippen molar-refractivity contribution < 1.29 is 9.18 Å². The molecule has 1 amide bonds. The normalized spacial score (nSPS) is 14.7. The molecule has 1 heterocycles. The molecule has 29 heavy (non-hydrogen) atoms. The second kappa shape index (κ2) is 8.60. The Bertz CT molecular complexity index is 1030. The third kappa shape index (κ3) is 3.95. The van der Waals surface area contributed by atoms with Crippen molar-refractivity contribution in [3.05, 3.63) is 67.9 Å². The van der Waals surface area contributed by atoms with Gasteiger partial charge in [-0.25, -0.2) is 4.39 Å². The zero-order chi connectivity index (χ0) is 21.1. The molecule has 0 saturated heterocycles. The van der Waals surface area contributed by atoms with Crippen LogP contribution in [-0.2, 0) is 6.42 Å². The van der Waals surface area contributed by atoms with Crippen molar-refractivity contribution in [1.29, 1.82) is 5.26 Å². The number of amides is 1. The number of halogens is 1. The highest BCUT2D eigenvalue weighted by Crippen LogP contribution is 2.39. The number of carbonyl (C=O) groups is 1. The number of rotatable bonds is 6. The van der Waals surface area contributed by atoms with Gasteiger partial charge in [0.2, 0.25) is 0 Å². The van der Waals surface area contributed by atoms with Crippen molar-refractivity contribution in [2.45, 2.75) is 58.9 Å². The van der Waals surface area contributed by atoms with Crippen molar-refractivity contribution in [3.8, 4) is 6.07 Å². The average Bonchev–Trinajstić information content (AvgIpc) is 2.61. The van der Waals surface area contributed by atoms with E-state index >= 15 is 0 Å². The third-order valence-electron chi connectivity index (χ3n) is 5.89. The standard InChI is InChI=1S/C23H26FN3O2/c1-4-7-16-17(10-6-11-19(16)24)21(15-8-5-9-15)27-23(29)20-13(2)18(12-25)22(28)26-14(20)3/h6,10-11,15,21H,4-5,7-9H2,1-3H3,(H,26,28)(H,27,29)/t21-/m0/s1. The number of nitriles is 1. The second-order valence-electron chi connectivity index (χ2n) is 7.77. The van der Waals surface area contributed by atoms with Crippen LogP contribution < -0.4 is 10.9 Å². The Labute approximate surface area is 170 Å². The molecule has 1 aliphatic carbocycles. The number of hydrogen-bond donors (Lipinski definition) is 2. The van der Waals surface area contributed by atoms with Crippen LogP contribution in [0.2, 0.25) is 0 Å². The monoisotopic (exact) mass is 395 g/mol. The molecule has 0 spiro atoms. The number of aryl methyl sites for hydroxylation is 1. The Morgan fingerprint density at radius 2 is 2.10 bits per heavy atom. The topological polar surface area (TPSA) is 85.8 Å². The number of nitrogens with one attached hydrogen (secondary N) is 2. The molecule has 0 radical (unpaired) electrons. The van der Waals surface area contributed by atoms with Crippen LogP contribution in [0.1, 0.15) is 77.0 Å². The van der Waals surface area contributed by atoms with Gasteiger partial charge in [-0.1, -0.05) is 31.9 Å². The predicted molar refractivity (Wildman–Crippen MR) is 109 cm³/mol. The first kappa shape index (κ1) is 20.8.